The summed E-state index contributed by atoms with van der Waals surface area (Å²) < 4.78 is 0. The van der Waals surface area contributed by atoms with E-state index in [1.54, 1.807) is 24.3 Å². The zero-order chi connectivity index (χ0) is 16.0. The second-order valence-electron chi connectivity index (χ2n) is 5.01. The number of nitrogens with one attached hydrogen (secondary N) is 1. The molecule has 0 unspecified atom stereocenters. The van der Waals surface area contributed by atoms with Gasteiger partial charge in [0.25, 0.3) is 0 Å². The number of allylic oxidation sites excluding steroid dienone is 2. The van der Waals surface area contributed by atoms with E-state index in [-0.39, 0.29) is 21.5 Å². The van der Waals surface area contributed by atoms with Crippen LogP contribution >= 0.6 is 23.4 Å². The number of H-pyrrole nitrogens is 1. The molecule has 0 bridgehead atoms. The molecule has 0 saturated carbocycles. The molecule has 4 nitrogen and oxygen atoms in total. The average molecular weight is 341 g/mol. The summed E-state index contributed by atoms with van der Waals surface area (Å²) in [7, 11) is 0. The quantitative estimate of drug-likeness (QED) is 0.760. The van der Waals surface area contributed by atoms with Gasteiger partial charge >= 0.3 is 0 Å². The van der Waals surface area contributed by atoms with E-state index in [9.17, 15) is 9.59 Å². The molecule has 0 atom stereocenters. The molecule has 0 saturated heterocycles. The lowest BCUT2D eigenvalue weighted by Crippen LogP contribution is -2.18. The van der Waals surface area contributed by atoms with Gasteiger partial charge in [0.2, 0.25) is 11.6 Å². The standard InChI is InChI=1S/C17H9ClN2O2S/c18-13-14(21)9-5-1-2-6-10(9)15(22)16(13)23-17-19-11-7-3-4-8-12(11)20-17/h1-8H,(H,19,20). The minimum absolute atomic E-state index is 0.0563. The van der Waals surface area contributed by atoms with Crippen molar-refractivity contribution in [2.75, 3.05) is 0 Å². The SMILES string of the molecule is O=C1C(Cl)=C(Sc2nc3ccccc3[nH]2)C(=O)c2ccccc21. The second kappa shape index (κ2) is 5.37. The molecule has 1 aromatic heterocycles. The van der Waals surface area contributed by atoms with Crippen LogP contribution in [0.2, 0.25) is 0 Å². The van der Waals surface area contributed by atoms with Crippen LogP contribution in [0.4, 0.5) is 0 Å². The first kappa shape index (κ1) is 14.2. The number of carbonyl (C=O) groups excluding carboxylic acids is 2. The fourth-order valence-electron chi connectivity index (χ4n) is 2.49. The zero-order valence-electron chi connectivity index (χ0n) is 11.7. The van der Waals surface area contributed by atoms with Gasteiger partial charge in [0.15, 0.2) is 5.16 Å². The van der Waals surface area contributed by atoms with Crippen molar-refractivity contribution >= 4 is 46.0 Å². The van der Waals surface area contributed by atoms with Crippen LogP contribution in [0.5, 0.6) is 0 Å². The molecule has 112 valence electrons. The summed E-state index contributed by atoms with van der Waals surface area (Å²) in [6, 6.07) is 14.2. The highest BCUT2D eigenvalue weighted by molar-refractivity contribution is 8.04. The molecular weight excluding hydrogens is 332 g/mol. The van der Waals surface area contributed by atoms with Gasteiger partial charge in [-0.25, -0.2) is 4.98 Å². The van der Waals surface area contributed by atoms with Crippen LogP contribution < -0.4 is 0 Å². The number of para-hydroxylation sites is 2. The molecule has 2 aromatic carbocycles. The van der Waals surface area contributed by atoms with Gasteiger partial charge in [0.1, 0.15) is 5.03 Å². The summed E-state index contributed by atoms with van der Waals surface area (Å²) in [6.07, 6.45) is 0. The Balaban J connectivity index is 1.77. The summed E-state index contributed by atoms with van der Waals surface area (Å²) in [5.41, 5.74) is 2.38. The fourth-order valence-corrected chi connectivity index (χ4v) is 3.67. The third-order valence-corrected chi connectivity index (χ3v) is 5.04. The number of hydrogen-bond acceptors (Lipinski definition) is 4. The van der Waals surface area contributed by atoms with Gasteiger partial charge in [-0.1, -0.05) is 48.0 Å². The Morgan fingerprint density at radius 3 is 2.30 bits per heavy atom. The first-order valence-corrected chi connectivity index (χ1v) is 8.05. The number of rotatable bonds is 2. The Labute approximate surface area is 140 Å². The predicted octanol–water partition coefficient (Wildman–Crippen LogP) is 4.18. The average Bonchev–Trinajstić information content (AvgIpc) is 2.99. The molecular formula is C17H9ClN2O2S. The van der Waals surface area contributed by atoms with Gasteiger partial charge in [0, 0.05) is 11.1 Å². The normalized spacial score (nSPS) is 14.5. The molecule has 1 aliphatic carbocycles. The molecule has 4 rings (SSSR count). The van der Waals surface area contributed by atoms with Crippen LogP contribution in [-0.4, -0.2) is 21.5 Å². The molecule has 0 radical (unpaired) electrons. The van der Waals surface area contributed by atoms with Gasteiger partial charge in [-0.3, -0.25) is 9.59 Å². The van der Waals surface area contributed by atoms with E-state index in [2.05, 4.69) is 9.97 Å². The topological polar surface area (TPSA) is 62.8 Å². The third kappa shape index (κ3) is 2.29. The van der Waals surface area contributed by atoms with Crippen molar-refractivity contribution in [2.45, 2.75) is 5.16 Å². The molecule has 6 heteroatoms. The second-order valence-corrected chi connectivity index (χ2v) is 6.39. The lowest BCUT2D eigenvalue weighted by Gasteiger charge is -2.16. The monoisotopic (exact) mass is 340 g/mol. The van der Waals surface area contributed by atoms with Crippen molar-refractivity contribution in [1.29, 1.82) is 0 Å². The number of halogens is 1. The van der Waals surface area contributed by atoms with E-state index < -0.39 is 0 Å². The van der Waals surface area contributed by atoms with Gasteiger partial charge in [-0.2, -0.15) is 0 Å². The number of Topliss-reactive ketones (excluding diaryl/α,β-unsaturated/α-hetero) is 2. The van der Waals surface area contributed by atoms with Gasteiger partial charge in [0.05, 0.1) is 15.9 Å². The summed E-state index contributed by atoms with van der Waals surface area (Å²) in [5, 5.41) is 0.471. The van der Waals surface area contributed by atoms with E-state index in [1.807, 2.05) is 24.3 Å². The zero-order valence-corrected chi connectivity index (χ0v) is 13.2. The third-order valence-electron chi connectivity index (χ3n) is 3.59. The molecule has 0 aliphatic heterocycles. The molecule has 1 N–H and O–H groups in total. The molecule has 0 amide bonds. The minimum Gasteiger partial charge on any atom is -0.333 e. The summed E-state index contributed by atoms with van der Waals surface area (Å²) in [5.74, 6) is -0.587. The summed E-state index contributed by atoms with van der Waals surface area (Å²) in [6.45, 7) is 0. The maximum Gasteiger partial charge on any atom is 0.206 e. The lowest BCUT2D eigenvalue weighted by atomic mass is 9.95. The van der Waals surface area contributed by atoms with Crippen LogP contribution in [0.1, 0.15) is 20.7 Å². The van der Waals surface area contributed by atoms with Gasteiger partial charge < -0.3 is 4.98 Å². The first-order valence-electron chi connectivity index (χ1n) is 6.86. The van der Waals surface area contributed by atoms with E-state index >= 15 is 0 Å². The number of thioether (sulfide) groups is 1. The number of aromatic nitrogens is 2. The summed E-state index contributed by atoms with van der Waals surface area (Å²) in [4.78, 5) is 32.7. The highest BCUT2D eigenvalue weighted by Gasteiger charge is 2.32. The Morgan fingerprint density at radius 2 is 1.57 bits per heavy atom. The molecule has 0 spiro atoms. The maximum absolute atomic E-state index is 12.6. The number of fused-ring (bicyclic) bond motifs is 2. The van der Waals surface area contributed by atoms with E-state index in [0.717, 1.165) is 22.8 Å². The number of imidazole rings is 1. The van der Waals surface area contributed by atoms with E-state index in [4.69, 9.17) is 11.6 Å². The number of ketones is 2. The minimum atomic E-state index is -0.333. The highest BCUT2D eigenvalue weighted by Crippen LogP contribution is 2.37. The van der Waals surface area contributed by atoms with E-state index in [0.29, 0.717) is 16.3 Å². The Morgan fingerprint density at radius 1 is 0.913 bits per heavy atom. The molecule has 3 aromatic rings. The van der Waals surface area contributed by atoms with Gasteiger partial charge in [-0.05, 0) is 23.9 Å². The molecule has 23 heavy (non-hydrogen) atoms. The Kier molecular flexibility index (Phi) is 3.32. The predicted molar refractivity (Wildman–Crippen MR) is 89.9 cm³/mol. The molecule has 0 fully saturated rings. The number of aromatic amines is 1. The van der Waals surface area contributed by atoms with Crippen LogP contribution in [0.3, 0.4) is 0 Å². The Bertz CT molecular complexity index is 974. The van der Waals surface area contributed by atoms with Crippen LogP contribution in [-0.2, 0) is 0 Å². The summed E-state index contributed by atoms with van der Waals surface area (Å²) >= 11 is 7.24. The van der Waals surface area contributed by atoms with E-state index in [1.165, 1.54) is 0 Å². The molecule has 1 aliphatic rings. The van der Waals surface area contributed by atoms with Crippen LogP contribution in [0.25, 0.3) is 11.0 Å². The first-order chi connectivity index (χ1) is 11.1. The van der Waals surface area contributed by atoms with Crippen molar-refractivity contribution < 1.29 is 9.59 Å². The van der Waals surface area contributed by atoms with Crippen molar-refractivity contribution in [2.24, 2.45) is 0 Å². The number of benzene rings is 2. The van der Waals surface area contributed by atoms with Crippen molar-refractivity contribution in [3.8, 4) is 0 Å². The number of hydrogen-bond donors (Lipinski definition) is 1. The Hall–Kier alpha value is -2.37. The largest absolute Gasteiger partial charge is 0.333 e. The highest BCUT2D eigenvalue weighted by atomic mass is 35.5. The van der Waals surface area contributed by atoms with Crippen molar-refractivity contribution in [1.82, 2.24) is 9.97 Å². The van der Waals surface area contributed by atoms with Crippen LogP contribution in [0, 0.1) is 0 Å². The molecule has 1 heterocycles. The smallest absolute Gasteiger partial charge is 0.206 e. The fraction of sp³-hybridized carbons (Fsp3) is 0. The van der Waals surface area contributed by atoms with Crippen molar-refractivity contribution in [3.63, 3.8) is 0 Å². The number of nitrogens with zero attached hydrogens (tertiary/aromatic N) is 1. The lowest BCUT2D eigenvalue weighted by molar-refractivity contribution is 0.0987. The maximum atomic E-state index is 12.6. The number of carbonyl (C=O) groups is 2. The van der Waals surface area contributed by atoms with Gasteiger partial charge in [-0.15, -0.1) is 0 Å². The van der Waals surface area contributed by atoms with Crippen molar-refractivity contribution in [3.05, 3.63) is 69.6 Å². The van der Waals surface area contributed by atoms with Crippen LogP contribution in [0.15, 0.2) is 63.6 Å².